The molecule has 0 spiro atoms. The number of rotatable bonds is 3. The molecule has 0 aliphatic carbocycles. The average molecular weight is 353 g/mol. The first-order valence-corrected chi connectivity index (χ1v) is 8.67. The molecular formula is C20H17ClN2O2. The zero-order chi connectivity index (χ0) is 17.4. The molecule has 25 heavy (non-hydrogen) atoms. The summed E-state index contributed by atoms with van der Waals surface area (Å²) in [4.78, 5) is 27.5. The van der Waals surface area contributed by atoms with E-state index in [0.717, 1.165) is 5.56 Å². The number of amides is 1. The van der Waals surface area contributed by atoms with Crippen LogP contribution in [0.3, 0.4) is 0 Å². The van der Waals surface area contributed by atoms with Crippen molar-refractivity contribution in [3.63, 3.8) is 0 Å². The molecule has 2 aromatic rings. The molecule has 4 rings (SSSR count). The maximum absolute atomic E-state index is 13.3. The Labute approximate surface area is 151 Å². The summed E-state index contributed by atoms with van der Waals surface area (Å²) in [5, 5.41) is 3.80. The van der Waals surface area contributed by atoms with Gasteiger partial charge in [-0.2, -0.15) is 0 Å². The van der Waals surface area contributed by atoms with Crippen LogP contribution in [0.1, 0.15) is 28.3 Å². The van der Waals surface area contributed by atoms with Crippen molar-refractivity contribution in [2.45, 2.75) is 12.3 Å². The van der Waals surface area contributed by atoms with Crippen molar-refractivity contribution in [1.29, 1.82) is 0 Å². The van der Waals surface area contributed by atoms with Gasteiger partial charge in [-0.05, 0) is 11.6 Å². The van der Waals surface area contributed by atoms with Gasteiger partial charge in [-0.3, -0.25) is 14.5 Å². The van der Waals surface area contributed by atoms with Crippen molar-refractivity contribution < 1.29 is 9.59 Å². The van der Waals surface area contributed by atoms with E-state index in [9.17, 15) is 9.59 Å². The topological polar surface area (TPSA) is 49.4 Å². The Morgan fingerprint density at radius 1 is 1.08 bits per heavy atom. The van der Waals surface area contributed by atoms with E-state index in [1.807, 2.05) is 36.4 Å². The van der Waals surface area contributed by atoms with E-state index in [4.69, 9.17) is 11.6 Å². The standard InChI is InChI=1S/C20H17ClN2O2/c21-16-9-5-4-8-14(16)15-12-17(24)23-11-10-22-20(23)18(15)19(25)13-6-2-1-3-7-13/h1-9,15,22H,10-12H2. The van der Waals surface area contributed by atoms with Crippen molar-refractivity contribution in [2.75, 3.05) is 13.1 Å². The van der Waals surface area contributed by atoms with Crippen LogP contribution < -0.4 is 5.32 Å². The molecule has 2 aliphatic heterocycles. The quantitative estimate of drug-likeness (QED) is 0.862. The second-order valence-electron chi connectivity index (χ2n) is 6.21. The maximum Gasteiger partial charge on any atom is 0.229 e. The molecule has 0 saturated carbocycles. The summed E-state index contributed by atoms with van der Waals surface area (Å²) in [6.07, 6.45) is 0.253. The van der Waals surface area contributed by atoms with E-state index in [1.54, 1.807) is 23.1 Å². The highest BCUT2D eigenvalue weighted by Crippen LogP contribution is 2.40. The lowest BCUT2D eigenvalue weighted by Crippen LogP contribution is -2.38. The number of fused-ring (bicyclic) bond motifs is 1. The van der Waals surface area contributed by atoms with E-state index in [1.165, 1.54) is 0 Å². The lowest BCUT2D eigenvalue weighted by Gasteiger charge is -2.32. The van der Waals surface area contributed by atoms with Crippen LogP contribution in [-0.2, 0) is 4.79 Å². The van der Waals surface area contributed by atoms with Gasteiger partial charge in [0.1, 0.15) is 5.82 Å². The lowest BCUT2D eigenvalue weighted by atomic mass is 9.81. The minimum Gasteiger partial charge on any atom is -0.369 e. The maximum atomic E-state index is 13.3. The number of allylic oxidation sites excluding steroid dienone is 1. The number of carbonyl (C=O) groups excluding carboxylic acids is 2. The summed E-state index contributed by atoms with van der Waals surface area (Å²) >= 11 is 6.39. The minimum atomic E-state index is -0.342. The van der Waals surface area contributed by atoms with Gasteiger partial charge in [-0.15, -0.1) is 0 Å². The molecule has 2 aliphatic rings. The fraction of sp³-hybridized carbons (Fsp3) is 0.200. The summed E-state index contributed by atoms with van der Waals surface area (Å²) in [7, 11) is 0. The van der Waals surface area contributed by atoms with Gasteiger partial charge in [0.05, 0.1) is 0 Å². The van der Waals surface area contributed by atoms with Gasteiger partial charge in [0, 0.05) is 41.6 Å². The number of carbonyl (C=O) groups is 2. The van der Waals surface area contributed by atoms with E-state index in [2.05, 4.69) is 5.32 Å². The van der Waals surface area contributed by atoms with Gasteiger partial charge in [-0.25, -0.2) is 0 Å². The molecule has 0 aromatic heterocycles. The monoisotopic (exact) mass is 352 g/mol. The number of benzene rings is 2. The van der Waals surface area contributed by atoms with Gasteiger partial charge in [-0.1, -0.05) is 60.1 Å². The summed E-state index contributed by atoms with van der Waals surface area (Å²) in [6.45, 7) is 1.25. The number of hydrogen-bond donors (Lipinski definition) is 1. The Morgan fingerprint density at radius 2 is 1.80 bits per heavy atom. The third kappa shape index (κ3) is 2.72. The lowest BCUT2D eigenvalue weighted by molar-refractivity contribution is -0.129. The second kappa shape index (κ2) is 6.37. The summed E-state index contributed by atoms with van der Waals surface area (Å²) in [5.41, 5.74) is 2.05. The first kappa shape index (κ1) is 15.9. The number of hydrogen-bond acceptors (Lipinski definition) is 3. The molecule has 5 heteroatoms. The van der Waals surface area contributed by atoms with Gasteiger partial charge >= 0.3 is 0 Å². The molecule has 126 valence electrons. The number of ketones is 1. The normalized spacial score (nSPS) is 19.6. The van der Waals surface area contributed by atoms with Gasteiger partial charge in [0.2, 0.25) is 5.91 Å². The Hall–Kier alpha value is -2.59. The van der Waals surface area contributed by atoms with E-state index < -0.39 is 0 Å². The van der Waals surface area contributed by atoms with Crippen LogP contribution in [0.15, 0.2) is 66.0 Å². The molecule has 2 aromatic carbocycles. The van der Waals surface area contributed by atoms with Crippen molar-refractivity contribution in [3.05, 3.63) is 82.1 Å². The van der Waals surface area contributed by atoms with Crippen LogP contribution in [-0.4, -0.2) is 29.7 Å². The number of Topliss-reactive ketones (excluding diaryl/α,β-unsaturated/α-hetero) is 1. The Balaban J connectivity index is 1.88. The van der Waals surface area contributed by atoms with Crippen molar-refractivity contribution in [2.24, 2.45) is 0 Å². The molecule has 0 bridgehead atoms. The fourth-order valence-corrected chi connectivity index (χ4v) is 3.84. The molecule has 1 unspecified atom stereocenters. The largest absolute Gasteiger partial charge is 0.369 e. The molecule has 1 atom stereocenters. The highest BCUT2D eigenvalue weighted by Gasteiger charge is 2.40. The van der Waals surface area contributed by atoms with Crippen molar-refractivity contribution in [3.8, 4) is 0 Å². The number of halogens is 1. The summed E-state index contributed by atoms with van der Waals surface area (Å²) < 4.78 is 0. The minimum absolute atomic E-state index is 0.0227. The number of nitrogens with zero attached hydrogens (tertiary/aromatic N) is 1. The molecule has 2 heterocycles. The van der Waals surface area contributed by atoms with Gasteiger partial charge in [0.25, 0.3) is 0 Å². The predicted molar refractivity (Wildman–Crippen MR) is 96.3 cm³/mol. The molecule has 0 radical (unpaired) electrons. The highest BCUT2D eigenvalue weighted by atomic mass is 35.5. The Bertz CT molecular complexity index is 876. The fourth-order valence-electron chi connectivity index (χ4n) is 3.57. The van der Waals surface area contributed by atoms with Crippen molar-refractivity contribution >= 4 is 23.3 Å². The molecule has 1 amide bonds. The SMILES string of the molecule is O=C(C1=C2NCCN2C(=O)CC1c1ccccc1Cl)c1ccccc1. The summed E-state index contributed by atoms with van der Waals surface area (Å²) in [5.74, 6) is 0.253. The second-order valence-corrected chi connectivity index (χ2v) is 6.62. The third-order valence-corrected chi connectivity index (χ3v) is 5.09. The van der Waals surface area contributed by atoms with E-state index in [0.29, 0.717) is 35.1 Å². The van der Waals surface area contributed by atoms with Crippen LogP contribution in [0.2, 0.25) is 5.02 Å². The molecule has 1 N–H and O–H groups in total. The Kier molecular flexibility index (Phi) is 4.06. The van der Waals surface area contributed by atoms with Crippen LogP contribution >= 0.6 is 11.6 Å². The van der Waals surface area contributed by atoms with Crippen LogP contribution in [0.25, 0.3) is 0 Å². The van der Waals surface area contributed by atoms with Gasteiger partial charge < -0.3 is 5.32 Å². The van der Waals surface area contributed by atoms with Crippen LogP contribution in [0.5, 0.6) is 0 Å². The smallest absolute Gasteiger partial charge is 0.229 e. The van der Waals surface area contributed by atoms with E-state index in [-0.39, 0.29) is 24.0 Å². The number of nitrogens with one attached hydrogen (secondary N) is 1. The molecular weight excluding hydrogens is 336 g/mol. The Morgan fingerprint density at radius 3 is 2.56 bits per heavy atom. The zero-order valence-corrected chi connectivity index (χ0v) is 14.3. The highest BCUT2D eigenvalue weighted by molar-refractivity contribution is 6.31. The van der Waals surface area contributed by atoms with Gasteiger partial charge in [0.15, 0.2) is 5.78 Å². The van der Waals surface area contributed by atoms with Crippen LogP contribution in [0, 0.1) is 0 Å². The third-order valence-electron chi connectivity index (χ3n) is 4.74. The predicted octanol–water partition coefficient (Wildman–Crippen LogP) is 3.35. The van der Waals surface area contributed by atoms with Crippen LogP contribution in [0.4, 0.5) is 0 Å². The molecule has 1 fully saturated rings. The zero-order valence-electron chi connectivity index (χ0n) is 13.5. The molecule has 1 saturated heterocycles. The molecule has 4 nitrogen and oxygen atoms in total. The van der Waals surface area contributed by atoms with Crippen molar-refractivity contribution in [1.82, 2.24) is 10.2 Å². The first-order chi connectivity index (χ1) is 12.2. The van der Waals surface area contributed by atoms with E-state index >= 15 is 0 Å². The first-order valence-electron chi connectivity index (χ1n) is 8.29. The average Bonchev–Trinajstić information content (AvgIpc) is 3.12. The summed E-state index contributed by atoms with van der Waals surface area (Å²) in [6, 6.07) is 16.6.